The molecule has 0 aromatic rings. The maximum absolute atomic E-state index is 8.90. The lowest BCUT2D eigenvalue weighted by atomic mass is 10.2. The number of hydrogen-bond acceptors (Lipinski definition) is 1. The standard InChI is InChI=1S/C6H10O/c1-5-3-2-4-6(5)7/h6-7H,1-4H2/t6-/m0/s1. The number of hydrogen-bond donors (Lipinski definition) is 1. The van der Waals surface area contributed by atoms with E-state index in [0.717, 1.165) is 24.8 Å². The van der Waals surface area contributed by atoms with Crippen LogP contribution in [-0.2, 0) is 0 Å². The highest BCUT2D eigenvalue weighted by molar-refractivity contribution is 5.06. The van der Waals surface area contributed by atoms with Crippen LogP contribution in [0.25, 0.3) is 0 Å². The van der Waals surface area contributed by atoms with Crippen molar-refractivity contribution in [3.8, 4) is 0 Å². The van der Waals surface area contributed by atoms with Crippen molar-refractivity contribution in [3.63, 3.8) is 0 Å². The SMILES string of the molecule is C=C1CCC[C@@H]1O. The highest BCUT2D eigenvalue weighted by Crippen LogP contribution is 2.21. The third-order valence-electron chi connectivity index (χ3n) is 1.45. The third kappa shape index (κ3) is 0.829. The molecule has 0 aromatic heterocycles. The minimum atomic E-state index is -0.181. The number of aliphatic hydroxyl groups excluding tert-OH is 1. The fraction of sp³-hybridized carbons (Fsp3) is 0.667. The molecule has 0 bridgehead atoms. The number of aliphatic hydroxyl groups is 1. The molecule has 0 unspecified atom stereocenters. The summed E-state index contributed by atoms with van der Waals surface area (Å²) in [6.45, 7) is 3.69. The van der Waals surface area contributed by atoms with Crippen LogP contribution < -0.4 is 0 Å². The fourth-order valence-electron chi connectivity index (χ4n) is 0.893. The molecule has 0 radical (unpaired) electrons. The first kappa shape index (κ1) is 4.85. The van der Waals surface area contributed by atoms with Crippen LogP contribution in [0.1, 0.15) is 19.3 Å². The quantitative estimate of drug-likeness (QED) is 0.449. The first-order valence-electron chi connectivity index (χ1n) is 2.66. The highest BCUT2D eigenvalue weighted by atomic mass is 16.3. The Balaban J connectivity index is 2.48. The molecule has 1 heteroatoms. The van der Waals surface area contributed by atoms with Crippen LogP contribution in [0, 0.1) is 0 Å². The molecule has 1 rings (SSSR count). The lowest BCUT2D eigenvalue weighted by molar-refractivity contribution is 0.218. The zero-order valence-electron chi connectivity index (χ0n) is 4.35. The molecule has 7 heavy (non-hydrogen) atoms. The van der Waals surface area contributed by atoms with Crippen molar-refractivity contribution in [1.29, 1.82) is 0 Å². The van der Waals surface area contributed by atoms with Gasteiger partial charge in [-0.15, -0.1) is 0 Å². The first-order chi connectivity index (χ1) is 3.30. The minimum absolute atomic E-state index is 0.181. The van der Waals surface area contributed by atoms with Gasteiger partial charge in [-0.1, -0.05) is 6.58 Å². The van der Waals surface area contributed by atoms with E-state index in [2.05, 4.69) is 6.58 Å². The largest absolute Gasteiger partial charge is 0.389 e. The zero-order chi connectivity index (χ0) is 5.28. The van der Waals surface area contributed by atoms with Crippen molar-refractivity contribution in [3.05, 3.63) is 12.2 Å². The van der Waals surface area contributed by atoms with Crippen molar-refractivity contribution in [2.24, 2.45) is 0 Å². The molecule has 1 fully saturated rings. The van der Waals surface area contributed by atoms with Gasteiger partial charge in [-0.3, -0.25) is 0 Å². The summed E-state index contributed by atoms with van der Waals surface area (Å²) < 4.78 is 0. The average molecular weight is 98.1 g/mol. The molecule has 0 aromatic carbocycles. The lowest BCUT2D eigenvalue weighted by Gasteiger charge is -1.96. The number of rotatable bonds is 0. The van der Waals surface area contributed by atoms with Gasteiger partial charge in [0.1, 0.15) is 0 Å². The van der Waals surface area contributed by atoms with E-state index in [4.69, 9.17) is 5.11 Å². The molecule has 0 heterocycles. The Bertz CT molecular complexity index is 86.2. The Hall–Kier alpha value is -0.300. The molecule has 0 amide bonds. The van der Waals surface area contributed by atoms with Gasteiger partial charge in [0.25, 0.3) is 0 Å². The maximum Gasteiger partial charge on any atom is 0.0747 e. The van der Waals surface area contributed by atoms with Gasteiger partial charge in [-0.05, 0) is 24.8 Å². The predicted molar refractivity (Wildman–Crippen MR) is 29.0 cm³/mol. The van der Waals surface area contributed by atoms with Crippen molar-refractivity contribution >= 4 is 0 Å². The van der Waals surface area contributed by atoms with Gasteiger partial charge in [0, 0.05) is 0 Å². The van der Waals surface area contributed by atoms with Crippen molar-refractivity contribution in [1.82, 2.24) is 0 Å². The first-order valence-corrected chi connectivity index (χ1v) is 2.66. The Morgan fingerprint density at radius 2 is 2.43 bits per heavy atom. The molecular formula is C6H10O. The molecule has 0 aliphatic heterocycles. The van der Waals surface area contributed by atoms with Crippen molar-refractivity contribution in [2.45, 2.75) is 25.4 Å². The Labute approximate surface area is 43.7 Å². The van der Waals surface area contributed by atoms with E-state index >= 15 is 0 Å². The van der Waals surface area contributed by atoms with Gasteiger partial charge in [-0.25, -0.2) is 0 Å². The van der Waals surface area contributed by atoms with Crippen molar-refractivity contribution < 1.29 is 5.11 Å². The molecule has 40 valence electrons. The average Bonchev–Trinajstić information content (AvgIpc) is 1.91. The summed E-state index contributed by atoms with van der Waals surface area (Å²) in [4.78, 5) is 0. The lowest BCUT2D eigenvalue weighted by Crippen LogP contribution is -1.98. The van der Waals surface area contributed by atoms with Gasteiger partial charge in [0.2, 0.25) is 0 Å². The Kier molecular flexibility index (Phi) is 1.15. The Morgan fingerprint density at radius 1 is 1.71 bits per heavy atom. The molecule has 1 aliphatic carbocycles. The van der Waals surface area contributed by atoms with Crippen LogP contribution in [0.2, 0.25) is 0 Å². The van der Waals surface area contributed by atoms with E-state index in [1.807, 2.05) is 0 Å². The van der Waals surface area contributed by atoms with Crippen LogP contribution >= 0.6 is 0 Å². The molecule has 1 saturated carbocycles. The maximum atomic E-state index is 8.90. The minimum Gasteiger partial charge on any atom is -0.389 e. The van der Waals surface area contributed by atoms with Crippen LogP contribution in [0.3, 0.4) is 0 Å². The van der Waals surface area contributed by atoms with Gasteiger partial charge in [-0.2, -0.15) is 0 Å². The topological polar surface area (TPSA) is 20.2 Å². The second-order valence-corrected chi connectivity index (χ2v) is 2.07. The van der Waals surface area contributed by atoms with E-state index < -0.39 is 0 Å². The second kappa shape index (κ2) is 1.66. The van der Waals surface area contributed by atoms with E-state index in [1.165, 1.54) is 0 Å². The molecular weight excluding hydrogens is 88.1 g/mol. The third-order valence-corrected chi connectivity index (χ3v) is 1.45. The normalized spacial score (nSPS) is 31.6. The molecule has 1 aliphatic rings. The van der Waals surface area contributed by atoms with E-state index in [1.54, 1.807) is 0 Å². The molecule has 0 saturated heterocycles. The smallest absolute Gasteiger partial charge is 0.0747 e. The van der Waals surface area contributed by atoms with Gasteiger partial charge in [0.05, 0.1) is 6.10 Å². The fourth-order valence-corrected chi connectivity index (χ4v) is 0.893. The van der Waals surface area contributed by atoms with Crippen LogP contribution in [0.5, 0.6) is 0 Å². The van der Waals surface area contributed by atoms with Gasteiger partial charge < -0.3 is 5.11 Å². The van der Waals surface area contributed by atoms with Gasteiger partial charge in [0.15, 0.2) is 0 Å². The predicted octanol–water partition coefficient (Wildman–Crippen LogP) is 1.09. The van der Waals surface area contributed by atoms with Crippen LogP contribution in [0.15, 0.2) is 12.2 Å². The summed E-state index contributed by atoms with van der Waals surface area (Å²) >= 11 is 0. The Morgan fingerprint density at radius 3 is 2.57 bits per heavy atom. The summed E-state index contributed by atoms with van der Waals surface area (Å²) in [5.74, 6) is 0. The molecule has 0 spiro atoms. The summed E-state index contributed by atoms with van der Waals surface area (Å²) in [5, 5.41) is 8.90. The van der Waals surface area contributed by atoms with E-state index in [-0.39, 0.29) is 6.10 Å². The molecule has 1 N–H and O–H groups in total. The van der Waals surface area contributed by atoms with Gasteiger partial charge >= 0.3 is 0 Å². The second-order valence-electron chi connectivity index (χ2n) is 2.07. The molecule has 1 atom stereocenters. The van der Waals surface area contributed by atoms with Crippen molar-refractivity contribution in [2.75, 3.05) is 0 Å². The summed E-state index contributed by atoms with van der Waals surface area (Å²) in [6.07, 6.45) is 2.90. The van der Waals surface area contributed by atoms with E-state index in [9.17, 15) is 0 Å². The molecule has 1 nitrogen and oxygen atoms in total. The van der Waals surface area contributed by atoms with E-state index in [0.29, 0.717) is 0 Å². The summed E-state index contributed by atoms with van der Waals surface area (Å²) in [7, 11) is 0. The van der Waals surface area contributed by atoms with Crippen LogP contribution in [0.4, 0.5) is 0 Å². The monoisotopic (exact) mass is 98.1 g/mol. The zero-order valence-corrected chi connectivity index (χ0v) is 4.35. The highest BCUT2D eigenvalue weighted by Gasteiger charge is 2.14. The summed E-state index contributed by atoms with van der Waals surface area (Å²) in [6, 6.07) is 0. The summed E-state index contributed by atoms with van der Waals surface area (Å²) in [5.41, 5.74) is 1.01. The van der Waals surface area contributed by atoms with Crippen LogP contribution in [-0.4, -0.2) is 11.2 Å².